The Kier molecular flexibility index (Phi) is 4.34. The van der Waals surface area contributed by atoms with Crippen LogP contribution >= 0.6 is 0 Å². The maximum atomic E-state index is 12.6. The maximum absolute atomic E-state index is 12.6. The third-order valence-electron chi connectivity index (χ3n) is 2.62. The lowest BCUT2D eigenvalue weighted by Gasteiger charge is -2.07. The van der Waals surface area contributed by atoms with Gasteiger partial charge in [-0.1, -0.05) is 38.7 Å². The van der Waals surface area contributed by atoms with Gasteiger partial charge in [-0.15, -0.1) is 0 Å². The Morgan fingerprint density at radius 3 is 2.83 bits per heavy atom. The van der Waals surface area contributed by atoms with Gasteiger partial charge >= 0.3 is 0 Å². The van der Waals surface area contributed by atoms with E-state index in [1.165, 1.54) is 32.1 Å². The summed E-state index contributed by atoms with van der Waals surface area (Å²) in [6.45, 7) is 2.22. The highest BCUT2D eigenvalue weighted by Gasteiger charge is 2.15. The van der Waals surface area contributed by atoms with Crippen molar-refractivity contribution in [2.45, 2.75) is 51.9 Å². The maximum Gasteiger partial charge on any atom is 0.0962 e. The molecule has 12 heavy (non-hydrogen) atoms. The van der Waals surface area contributed by atoms with Crippen molar-refractivity contribution in [1.82, 2.24) is 0 Å². The Morgan fingerprint density at radius 2 is 2.25 bits per heavy atom. The van der Waals surface area contributed by atoms with E-state index < -0.39 is 0 Å². The third kappa shape index (κ3) is 3.38. The van der Waals surface area contributed by atoms with Gasteiger partial charge in [0, 0.05) is 6.42 Å². The summed E-state index contributed by atoms with van der Waals surface area (Å²) >= 11 is 0. The molecule has 0 aromatic rings. The van der Waals surface area contributed by atoms with E-state index in [2.05, 4.69) is 6.92 Å². The van der Waals surface area contributed by atoms with Crippen molar-refractivity contribution in [1.29, 1.82) is 0 Å². The highest BCUT2D eigenvalue weighted by molar-refractivity contribution is 5.01. The number of halogens is 1. The summed E-state index contributed by atoms with van der Waals surface area (Å²) in [7, 11) is 0. The molecule has 0 saturated heterocycles. The first-order valence-corrected chi connectivity index (χ1v) is 5.17. The molecule has 0 aromatic carbocycles. The van der Waals surface area contributed by atoms with E-state index in [0.29, 0.717) is 12.3 Å². The molecule has 0 bridgehead atoms. The molecule has 0 nitrogen and oxygen atoms in total. The van der Waals surface area contributed by atoms with Crippen LogP contribution < -0.4 is 0 Å². The van der Waals surface area contributed by atoms with Gasteiger partial charge < -0.3 is 0 Å². The lowest BCUT2D eigenvalue weighted by atomic mass is 9.99. The van der Waals surface area contributed by atoms with E-state index in [-0.39, 0.29) is 5.83 Å². The van der Waals surface area contributed by atoms with Crippen molar-refractivity contribution in [3.63, 3.8) is 0 Å². The summed E-state index contributed by atoms with van der Waals surface area (Å²) in [6, 6.07) is 0. The van der Waals surface area contributed by atoms with Crippen molar-refractivity contribution < 1.29 is 4.39 Å². The molecule has 1 aliphatic carbocycles. The largest absolute Gasteiger partial charge is 0.212 e. The predicted molar refractivity (Wildman–Crippen MR) is 50.7 cm³/mol. The zero-order valence-electron chi connectivity index (χ0n) is 7.98. The monoisotopic (exact) mass is 170 g/mol. The zero-order valence-corrected chi connectivity index (χ0v) is 7.98. The van der Waals surface area contributed by atoms with Crippen LogP contribution in [0.25, 0.3) is 0 Å². The fourth-order valence-electron chi connectivity index (χ4n) is 1.82. The molecule has 0 aromatic heterocycles. The fourth-order valence-corrected chi connectivity index (χ4v) is 1.82. The summed E-state index contributed by atoms with van der Waals surface area (Å²) in [4.78, 5) is 0. The Bertz CT molecular complexity index is 149. The molecule has 0 saturated carbocycles. The smallest absolute Gasteiger partial charge is 0.0962 e. The second kappa shape index (κ2) is 5.34. The molecule has 0 radical (unpaired) electrons. The Balaban J connectivity index is 1.95. The van der Waals surface area contributed by atoms with Gasteiger partial charge in [0.15, 0.2) is 0 Å². The summed E-state index contributed by atoms with van der Waals surface area (Å²) in [6.07, 6.45) is 9.92. The van der Waals surface area contributed by atoms with Crippen LogP contribution in [-0.2, 0) is 0 Å². The van der Waals surface area contributed by atoms with Crippen LogP contribution in [0, 0.1) is 5.92 Å². The van der Waals surface area contributed by atoms with Gasteiger partial charge in [-0.25, -0.2) is 4.39 Å². The van der Waals surface area contributed by atoms with Gasteiger partial charge in [-0.3, -0.25) is 0 Å². The summed E-state index contributed by atoms with van der Waals surface area (Å²) in [5.41, 5.74) is 0. The van der Waals surface area contributed by atoms with Crippen LogP contribution in [0.15, 0.2) is 11.9 Å². The molecular formula is C11H19F. The molecule has 0 spiro atoms. The van der Waals surface area contributed by atoms with Gasteiger partial charge in [0.25, 0.3) is 0 Å². The molecule has 0 heterocycles. The van der Waals surface area contributed by atoms with Gasteiger partial charge in [0.1, 0.15) is 0 Å². The van der Waals surface area contributed by atoms with E-state index in [1.54, 1.807) is 6.08 Å². The van der Waals surface area contributed by atoms with Crippen molar-refractivity contribution in [2.24, 2.45) is 5.92 Å². The first-order valence-electron chi connectivity index (χ1n) is 5.17. The first-order chi connectivity index (χ1) is 5.83. The van der Waals surface area contributed by atoms with Gasteiger partial charge in [-0.05, 0) is 18.8 Å². The summed E-state index contributed by atoms with van der Waals surface area (Å²) in [5, 5.41) is 0. The minimum atomic E-state index is 0.121. The Hall–Kier alpha value is -0.330. The van der Waals surface area contributed by atoms with Gasteiger partial charge in [0.2, 0.25) is 0 Å². The summed E-state index contributed by atoms with van der Waals surface area (Å²) in [5.74, 6) is 0.748. The molecule has 1 aliphatic rings. The normalized spacial score (nSPS) is 22.8. The number of unbranched alkanes of at least 4 members (excludes halogenated alkanes) is 3. The van der Waals surface area contributed by atoms with Gasteiger partial charge in [-0.2, -0.15) is 0 Å². The minimum Gasteiger partial charge on any atom is -0.212 e. The van der Waals surface area contributed by atoms with E-state index >= 15 is 0 Å². The lowest BCUT2D eigenvalue weighted by Crippen LogP contribution is -1.93. The molecule has 0 amide bonds. The Morgan fingerprint density at radius 1 is 1.42 bits per heavy atom. The lowest BCUT2D eigenvalue weighted by molar-refractivity contribution is 0.450. The van der Waals surface area contributed by atoms with Crippen LogP contribution in [0.5, 0.6) is 0 Å². The van der Waals surface area contributed by atoms with Crippen LogP contribution in [0.1, 0.15) is 51.9 Å². The van der Waals surface area contributed by atoms with E-state index in [4.69, 9.17) is 0 Å². The van der Waals surface area contributed by atoms with Gasteiger partial charge in [0.05, 0.1) is 5.83 Å². The van der Waals surface area contributed by atoms with Crippen molar-refractivity contribution in [3.05, 3.63) is 11.9 Å². The highest BCUT2D eigenvalue weighted by Crippen LogP contribution is 2.29. The standard InChI is InChI=1S/C11H19F/c1-2-3-4-5-6-10-7-8-11(12)9-10/h8,10H,2-7,9H2,1H3. The zero-order chi connectivity index (χ0) is 8.81. The fraction of sp³-hybridized carbons (Fsp3) is 0.818. The van der Waals surface area contributed by atoms with Crippen LogP contribution in [0.4, 0.5) is 4.39 Å². The molecule has 1 rings (SSSR count). The predicted octanol–water partition coefficient (Wildman–Crippen LogP) is 4.22. The molecule has 0 fully saturated rings. The van der Waals surface area contributed by atoms with Crippen molar-refractivity contribution >= 4 is 0 Å². The minimum absolute atomic E-state index is 0.121. The third-order valence-corrected chi connectivity index (χ3v) is 2.62. The van der Waals surface area contributed by atoms with E-state index in [9.17, 15) is 4.39 Å². The molecule has 0 N–H and O–H groups in total. The second-order valence-corrected chi connectivity index (χ2v) is 3.81. The van der Waals surface area contributed by atoms with E-state index in [1.807, 2.05) is 0 Å². The van der Waals surface area contributed by atoms with Crippen LogP contribution in [0.3, 0.4) is 0 Å². The SMILES string of the molecule is CCCCCCC1CC=C(F)C1. The summed E-state index contributed by atoms with van der Waals surface area (Å²) < 4.78 is 12.6. The topological polar surface area (TPSA) is 0 Å². The van der Waals surface area contributed by atoms with Crippen molar-refractivity contribution in [3.8, 4) is 0 Å². The van der Waals surface area contributed by atoms with Crippen LogP contribution in [0.2, 0.25) is 0 Å². The number of hydrogen-bond donors (Lipinski definition) is 0. The molecular weight excluding hydrogens is 151 g/mol. The van der Waals surface area contributed by atoms with Crippen molar-refractivity contribution in [2.75, 3.05) is 0 Å². The number of hydrogen-bond acceptors (Lipinski definition) is 0. The molecule has 1 heteroatoms. The Labute approximate surface area is 74.9 Å². The quantitative estimate of drug-likeness (QED) is 0.542. The average Bonchev–Trinajstić information content (AvgIpc) is 2.45. The second-order valence-electron chi connectivity index (χ2n) is 3.81. The molecule has 1 atom stereocenters. The first kappa shape index (κ1) is 9.76. The van der Waals surface area contributed by atoms with E-state index in [0.717, 1.165) is 6.42 Å². The highest BCUT2D eigenvalue weighted by atomic mass is 19.1. The molecule has 70 valence electrons. The number of rotatable bonds is 5. The average molecular weight is 170 g/mol. The molecule has 0 aliphatic heterocycles. The van der Waals surface area contributed by atoms with Crippen LogP contribution in [-0.4, -0.2) is 0 Å². The molecule has 1 unspecified atom stereocenters. The number of allylic oxidation sites excluding steroid dienone is 2.